The maximum atomic E-state index is 12.3. The van der Waals surface area contributed by atoms with Gasteiger partial charge in [0.15, 0.2) is 0 Å². The lowest BCUT2D eigenvalue weighted by Gasteiger charge is -2.08. The maximum absolute atomic E-state index is 12.3. The molecule has 0 aromatic carbocycles. The minimum Gasteiger partial charge on any atom is -0.312 e. The average Bonchev–Trinajstić information content (AvgIpc) is 2.92. The van der Waals surface area contributed by atoms with Crippen LogP contribution in [0.15, 0.2) is 16.3 Å². The van der Waals surface area contributed by atoms with Gasteiger partial charge in [0.1, 0.15) is 0 Å². The van der Waals surface area contributed by atoms with Crippen molar-refractivity contribution in [1.29, 1.82) is 0 Å². The fraction of sp³-hybridized carbons (Fsp3) is 0.714. The first-order valence-electron chi connectivity index (χ1n) is 7.37. The van der Waals surface area contributed by atoms with Gasteiger partial charge in [-0.05, 0) is 49.3 Å². The Morgan fingerprint density at radius 3 is 2.76 bits per heavy atom. The number of nitrogens with one attached hydrogen (secondary N) is 2. The molecule has 0 unspecified atom stereocenters. The number of thiophene rings is 1. The SMILES string of the molecule is CCCNCc1sccc1S(=O)(=O)NCCCCCSC. The first-order valence-corrected chi connectivity index (χ1v) is 11.1. The maximum Gasteiger partial charge on any atom is 0.241 e. The summed E-state index contributed by atoms with van der Waals surface area (Å²) in [5.41, 5.74) is 0. The summed E-state index contributed by atoms with van der Waals surface area (Å²) < 4.78 is 27.3. The molecule has 0 fully saturated rings. The predicted molar refractivity (Wildman–Crippen MR) is 93.7 cm³/mol. The highest BCUT2D eigenvalue weighted by Crippen LogP contribution is 2.21. The molecule has 2 N–H and O–H groups in total. The van der Waals surface area contributed by atoms with Crippen molar-refractivity contribution < 1.29 is 8.42 Å². The van der Waals surface area contributed by atoms with Crippen molar-refractivity contribution in [3.8, 4) is 0 Å². The number of hydrogen-bond acceptors (Lipinski definition) is 5. The fourth-order valence-electron chi connectivity index (χ4n) is 1.91. The molecule has 0 saturated carbocycles. The van der Waals surface area contributed by atoms with Gasteiger partial charge in [-0.15, -0.1) is 11.3 Å². The molecular formula is C14H26N2O2S3. The largest absolute Gasteiger partial charge is 0.312 e. The number of sulfonamides is 1. The smallest absolute Gasteiger partial charge is 0.241 e. The van der Waals surface area contributed by atoms with Crippen LogP contribution >= 0.6 is 23.1 Å². The summed E-state index contributed by atoms with van der Waals surface area (Å²) >= 11 is 3.32. The highest BCUT2D eigenvalue weighted by atomic mass is 32.2. The Kier molecular flexibility index (Phi) is 9.59. The van der Waals surface area contributed by atoms with Gasteiger partial charge < -0.3 is 5.32 Å². The summed E-state index contributed by atoms with van der Waals surface area (Å²) in [4.78, 5) is 1.32. The van der Waals surface area contributed by atoms with Crippen LogP contribution in [0.3, 0.4) is 0 Å². The molecule has 1 aromatic heterocycles. The van der Waals surface area contributed by atoms with E-state index in [-0.39, 0.29) is 0 Å². The van der Waals surface area contributed by atoms with Crippen molar-refractivity contribution in [3.63, 3.8) is 0 Å². The van der Waals surface area contributed by atoms with Crippen LogP contribution in [0.1, 0.15) is 37.5 Å². The lowest BCUT2D eigenvalue weighted by Crippen LogP contribution is -2.26. The molecule has 1 aromatic rings. The van der Waals surface area contributed by atoms with E-state index in [1.54, 1.807) is 6.07 Å². The molecule has 1 rings (SSSR count). The Labute approximate surface area is 137 Å². The molecule has 7 heteroatoms. The van der Waals surface area contributed by atoms with Crippen molar-refractivity contribution >= 4 is 33.1 Å². The van der Waals surface area contributed by atoms with Crippen LogP contribution in [0.5, 0.6) is 0 Å². The molecule has 0 spiro atoms. The van der Waals surface area contributed by atoms with E-state index in [1.807, 2.05) is 17.1 Å². The Bertz CT molecular complexity index is 486. The third kappa shape index (κ3) is 7.15. The van der Waals surface area contributed by atoms with Crippen molar-refractivity contribution in [2.24, 2.45) is 0 Å². The summed E-state index contributed by atoms with van der Waals surface area (Å²) in [6.45, 7) is 4.14. The molecule has 122 valence electrons. The van der Waals surface area contributed by atoms with Gasteiger partial charge in [-0.3, -0.25) is 0 Å². The zero-order valence-corrected chi connectivity index (χ0v) is 15.3. The fourth-order valence-corrected chi connectivity index (χ4v) is 4.89. The van der Waals surface area contributed by atoms with E-state index >= 15 is 0 Å². The zero-order valence-electron chi connectivity index (χ0n) is 12.9. The first kappa shape index (κ1) is 19.0. The molecular weight excluding hydrogens is 324 g/mol. The Hall–Kier alpha value is -0.0800. The van der Waals surface area contributed by atoms with Crippen molar-refractivity contribution in [2.75, 3.05) is 25.1 Å². The van der Waals surface area contributed by atoms with Gasteiger partial charge in [-0.2, -0.15) is 11.8 Å². The van der Waals surface area contributed by atoms with Crippen LogP contribution in [-0.4, -0.2) is 33.5 Å². The van der Waals surface area contributed by atoms with Gasteiger partial charge in [0.2, 0.25) is 10.0 Å². The molecule has 0 amide bonds. The Morgan fingerprint density at radius 1 is 1.24 bits per heavy atom. The predicted octanol–water partition coefficient (Wildman–Crippen LogP) is 3.06. The van der Waals surface area contributed by atoms with Crippen LogP contribution in [0.4, 0.5) is 0 Å². The number of hydrogen-bond donors (Lipinski definition) is 2. The van der Waals surface area contributed by atoms with Crippen LogP contribution in [-0.2, 0) is 16.6 Å². The second-order valence-electron chi connectivity index (χ2n) is 4.84. The van der Waals surface area contributed by atoms with Gasteiger partial charge in [0, 0.05) is 18.0 Å². The van der Waals surface area contributed by atoms with Gasteiger partial charge in [0.05, 0.1) is 4.90 Å². The lowest BCUT2D eigenvalue weighted by atomic mass is 10.2. The quantitative estimate of drug-likeness (QED) is 0.569. The topological polar surface area (TPSA) is 58.2 Å². The van der Waals surface area contributed by atoms with Gasteiger partial charge in [-0.25, -0.2) is 13.1 Å². The van der Waals surface area contributed by atoms with Crippen LogP contribution in [0.25, 0.3) is 0 Å². The van der Waals surface area contributed by atoms with Crippen molar-refractivity contribution in [3.05, 3.63) is 16.3 Å². The molecule has 0 saturated heterocycles. The first-order chi connectivity index (χ1) is 10.1. The van der Waals surface area contributed by atoms with E-state index in [1.165, 1.54) is 11.3 Å². The minimum atomic E-state index is -3.36. The van der Waals surface area contributed by atoms with E-state index in [0.29, 0.717) is 18.0 Å². The standard InChI is InChI=1S/C14H26N2O2S3/c1-3-8-15-12-13-14(7-11-20-13)21(17,18)16-9-5-4-6-10-19-2/h7,11,15-16H,3-6,8-10,12H2,1-2H3. The Morgan fingerprint density at radius 2 is 2.05 bits per heavy atom. The van der Waals surface area contributed by atoms with Crippen LogP contribution in [0, 0.1) is 0 Å². The van der Waals surface area contributed by atoms with Crippen molar-refractivity contribution in [2.45, 2.75) is 44.0 Å². The van der Waals surface area contributed by atoms with E-state index in [0.717, 1.165) is 42.9 Å². The summed E-state index contributed by atoms with van der Waals surface area (Å²) in [6.07, 6.45) is 6.24. The normalized spacial score (nSPS) is 11.9. The number of rotatable bonds is 12. The lowest BCUT2D eigenvalue weighted by molar-refractivity contribution is 0.574. The highest BCUT2D eigenvalue weighted by molar-refractivity contribution is 7.98. The van der Waals surface area contributed by atoms with E-state index in [9.17, 15) is 8.42 Å². The molecule has 1 heterocycles. The third-order valence-electron chi connectivity index (χ3n) is 3.02. The van der Waals surface area contributed by atoms with Gasteiger partial charge >= 0.3 is 0 Å². The Balaban J connectivity index is 2.44. The highest BCUT2D eigenvalue weighted by Gasteiger charge is 2.18. The zero-order chi connectivity index (χ0) is 15.6. The second kappa shape index (κ2) is 10.6. The summed E-state index contributed by atoms with van der Waals surface area (Å²) in [6, 6.07) is 1.70. The molecule has 21 heavy (non-hydrogen) atoms. The minimum absolute atomic E-state index is 0.431. The number of thioether (sulfide) groups is 1. The third-order valence-corrected chi connectivity index (χ3v) is 6.32. The monoisotopic (exact) mass is 350 g/mol. The van der Waals surface area contributed by atoms with Gasteiger partial charge in [-0.1, -0.05) is 13.3 Å². The number of unbranched alkanes of at least 4 members (excludes halogenated alkanes) is 2. The molecule has 4 nitrogen and oxygen atoms in total. The van der Waals surface area contributed by atoms with E-state index < -0.39 is 10.0 Å². The summed E-state index contributed by atoms with van der Waals surface area (Å²) in [5, 5.41) is 5.10. The van der Waals surface area contributed by atoms with E-state index in [4.69, 9.17) is 0 Å². The molecule has 0 bridgehead atoms. The molecule has 0 atom stereocenters. The second-order valence-corrected chi connectivity index (χ2v) is 8.56. The summed E-state index contributed by atoms with van der Waals surface area (Å²) in [5.74, 6) is 1.14. The van der Waals surface area contributed by atoms with Crippen LogP contribution < -0.4 is 10.0 Å². The average molecular weight is 351 g/mol. The summed E-state index contributed by atoms with van der Waals surface area (Å²) in [7, 11) is -3.36. The van der Waals surface area contributed by atoms with E-state index in [2.05, 4.69) is 23.2 Å². The molecule has 0 aliphatic heterocycles. The van der Waals surface area contributed by atoms with Crippen LogP contribution in [0.2, 0.25) is 0 Å². The molecule has 0 aliphatic carbocycles. The molecule has 0 radical (unpaired) electrons. The van der Waals surface area contributed by atoms with Crippen molar-refractivity contribution in [1.82, 2.24) is 10.0 Å². The molecule has 0 aliphatic rings. The van der Waals surface area contributed by atoms with Gasteiger partial charge in [0.25, 0.3) is 0 Å².